The van der Waals surface area contributed by atoms with Crippen LogP contribution in [0, 0.1) is 11.8 Å². The van der Waals surface area contributed by atoms with Crippen LogP contribution in [0.25, 0.3) is 0 Å². The number of hydrazine groups is 1. The molecule has 1 aliphatic rings. The van der Waals surface area contributed by atoms with E-state index in [1.165, 1.54) is 12.8 Å². The zero-order valence-corrected chi connectivity index (χ0v) is 10.4. The van der Waals surface area contributed by atoms with E-state index in [1.807, 2.05) is 0 Å². The van der Waals surface area contributed by atoms with Crippen LogP contribution < -0.4 is 11.3 Å². The Morgan fingerprint density at radius 1 is 1.35 bits per heavy atom. The van der Waals surface area contributed by atoms with Gasteiger partial charge in [0.05, 0.1) is 0 Å². The van der Waals surface area contributed by atoms with E-state index in [2.05, 4.69) is 12.3 Å². The van der Waals surface area contributed by atoms with Gasteiger partial charge in [0.1, 0.15) is 0 Å². The average molecular weight is 252 g/mol. The fourth-order valence-corrected chi connectivity index (χ4v) is 2.82. The van der Waals surface area contributed by atoms with Gasteiger partial charge in [-0.15, -0.1) is 0 Å². The predicted molar refractivity (Wildman–Crippen MR) is 62.1 cm³/mol. The summed E-state index contributed by atoms with van der Waals surface area (Å²) in [6.07, 6.45) is 0.523. The average Bonchev–Trinajstić information content (AvgIpc) is 2.23. The van der Waals surface area contributed by atoms with Crippen LogP contribution in [-0.2, 0) is 0 Å². The fraction of sp³-hybridized carbons (Fsp3) is 1.00. The highest BCUT2D eigenvalue weighted by Gasteiger charge is 2.29. The lowest BCUT2D eigenvalue weighted by molar-refractivity contribution is -0.136. The molecular formula is C12H23F3N2. The monoisotopic (exact) mass is 252 g/mol. The quantitative estimate of drug-likeness (QED) is 0.581. The van der Waals surface area contributed by atoms with Crippen molar-refractivity contribution < 1.29 is 13.2 Å². The highest BCUT2D eigenvalue weighted by atomic mass is 19.4. The Labute approximate surface area is 101 Å². The van der Waals surface area contributed by atoms with Crippen LogP contribution in [-0.4, -0.2) is 12.2 Å². The van der Waals surface area contributed by atoms with E-state index in [0.717, 1.165) is 12.8 Å². The summed E-state index contributed by atoms with van der Waals surface area (Å²) in [5.74, 6) is 6.58. The minimum atomic E-state index is -4.04. The summed E-state index contributed by atoms with van der Waals surface area (Å²) >= 11 is 0. The van der Waals surface area contributed by atoms with Crippen LogP contribution in [0.2, 0.25) is 0 Å². The van der Waals surface area contributed by atoms with Crippen molar-refractivity contribution in [3.05, 3.63) is 0 Å². The molecule has 1 fully saturated rings. The van der Waals surface area contributed by atoms with Gasteiger partial charge in [-0.05, 0) is 37.5 Å². The molecule has 5 heteroatoms. The van der Waals surface area contributed by atoms with E-state index in [-0.39, 0.29) is 12.5 Å². The third-order valence-corrected chi connectivity index (χ3v) is 3.74. The molecule has 0 aromatic carbocycles. The molecule has 3 N–H and O–H groups in total. The van der Waals surface area contributed by atoms with Crippen molar-refractivity contribution >= 4 is 0 Å². The summed E-state index contributed by atoms with van der Waals surface area (Å²) in [4.78, 5) is 0. The lowest BCUT2D eigenvalue weighted by atomic mass is 9.77. The van der Waals surface area contributed by atoms with E-state index in [4.69, 9.17) is 5.84 Å². The molecule has 3 atom stereocenters. The van der Waals surface area contributed by atoms with Gasteiger partial charge in [-0.1, -0.05) is 19.8 Å². The normalized spacial score (nSPS) is 28.1. The van der Waals surface area contributed by atoms with Gasteiger partial charge in [-0.2, -0.15) is 13.2 Å². The molecule has 3 unspecified atom stereocenters. The molecule has 17 heavy (non-hydrogen) atoms. The first-order chi connectivity index (χ1) is 7.92. The summed E-state index contributed by atoms with van der Waals surface area (Å²) in [6.45, 7) is 2.20. The zero-order valence-electron chi connectivity index (χ0n) is 10.4. The van der Waals surface area contributed by atoms with Gasteiger partial charge in [0.15, 0.2) is 0 Å². The van der Waals surface area contributed by atoms with Gasteiger partial charge in [0.25, 0.3) is 0 Å². The summed E-state index contributed by atoms with van der Waals surface area (Å²) in [6, 6.07) is 0.0418. The first kappa shape index (κ1) is 14.8. The molecular weight excluding hydrogens is 229 g/mol. The second-order valence-corrected chi connectivity index (χ2v) is 5.31. The number of hydrogen-bond acceptors (Lipinski definition) is 2. The van der Waals surface area contributed by atoms with Crippen molar-refractivity contribution in [1.29, 1.82) is 0 Å². The molecule has 0 aromatic rings. The highest BCUT2D eigenvalue weighted by molar-refractivity contribution is 4.80. The van der Waals surface area contributed by atoms with Gasteiger partial charge in [-0.3, -0.25) is 11.3 Å². The predicted octanol–water partition coefficient (Wildman–Crippen LogP) is 3.38. The first-order valence-corrected chi connectivity index (χ1v) is 6.45. The van der Waals surface area contributed by atoms with Crippen molar-refractivity contribution in [3.63, 3.8) is 0 Å². The standard InChI is InChI=1S/C12H23F3N2/c1-9-4-2-5-10(8-9)11(17-16)6-3-7-12(13,14)15/h9-11,17H,2-8,16H2,1H3. The van der Waals surface area contributed by atoms with Crippen LogP contribution in [0.15, 0.2) is 0 Å². The van der Waals surface area contributed by atoms with Gasteiger partial charge >= 0.3 is 6.18 Å². The number of rotatable bonds is 5. The topological polar surface area (TPSA) is 38.0 Å². The fourth-order valence-electron chi connectivity index (χ4n) is 2.82. The highest BCUT2D eigenvalue weighted by Crippen LogP contribution is 2.32. The Bertz CT molecular complexity index is 218. The number of hydrogen-bond donors (Lipinski definition) is 2. The van der Waals surface area contributed by atoms with E-state index >= 15 is 0 Å². The SMILES string of the molecule is CC1CCCC(C(CCCC(F)(F)F)NN)C1. The lowest BCUT2D eigenvalue weighted by Gasteiger charge is -2.33. The molecule has 102 valence electrons. The van der Waals surface area contributed by atoms with Crippen molar-refractivity contribution in [2.75, 3.05) is 0 Å². The zero-order chi connectivity index (χ0) is 12.9. The van der Waals surface area contributed by atoms with Gasteiger partial charge in [-0.25, -0.2) is 0 Å². The number of nitrogens with one attached hydrogen (secondary N) is 1. The Hall–Kier alpha value is -0.290. The molecule has 0 heterocycles. The Kier molecular flexibility index (Phi) is 5.73. The van der Waals surface area contributed by atoms with Crippen LogP contribution in [0.3, 0.4) is 0 Å². The molecule has 1 aliphatic carbocycles. The lowest BCUT2D eigenvalue weighted by Crippen LogP contribution is -2.42. The van der Waals surface area contributed by atoms with E-state index < -0.39 is 12.6 Å². The molecule has 1 saturated carbocycles. The van der Waals surface area contributed by atoms with Crippen molar-refractivity contribution in [3.8, 4) is 0 Å². The van der Waals surface area contributed by atoms with Crippen molar-refractivity contribution in [2.45, 2.75) is 64.1 Å². The van der Waals surface area contributed by atoms with Gasteiger partial charge in [0, 0.05) is 12.5 Å². The third kappa shape index (κ3) is 5.73. The van der Waals surface area contributed by atoms with Crippen LogP contribution in [0.4, 0.5) is 13.2 Å². The molecule has 0 saturated heterocycles. The van der Waals surface area contributed by atoms with E-state index in [1.54, 1.807) is 0 Å². The Morgan fingerprint density at radius 2 is 2.06 bits per heavy atom. The Morgan fingerprint density at radius 3 is 2.59 bits per heavy atom. The molecule has 0 aromatic heterocycles. The smallest absolute Gasteiger partial charge is 0.271 e. The van der Waals surface area contributed by atoms with Crippen molar-refractivity contribution in [1.82, 2.24) is 5.43 Å². The maximum atomic E-state index is 12.1. The van der Waals surface area contributed by atoms with Crippen molar-refractivity contribution in [2.24, 2.45) is 17.7 Å². The number of alkyl halides is 3. The third-order valence-electron chi connectivity index (χ3n) is 3.74. The molecule has 0 amide bonds. The Balaban J connectivity index is 2.32. The summed E-state index contributed by atoms with van der Waals surface area (Å²) in [5, 5.41) is 0. The van der Waals surface area contributed by atoms with E-state index in [0.29, 0.717) is 18.3 Å². The molecule has 0 spiro atoms. The summed E-state index contributed by atoms with van der Waals surface area (Å²) in [5.41, 5.74) is 2.71. The maximum Gasteiger partial charge on any atom is 0.389 e. The molecule has 0 bridgehead atoms. The number of nitrogens with two attached hydrogens (primary N) is 1. The molecule has 0 aliphatic heterocycles. The van der Waals surface area contributed by atoms with Crippen LogP contribution in [0.5, 0.6) is 0 Å². The molecule has 2 nitrogen and oxygen atoms in total. The largest absolute Gasteiger partial charge is 0.389 e. The van der Waals surface area contributed by atoms with Crippen LogP contribution >= 0.6 is 0 Å². The second kappa shape index (κ2) is 6.59. The van der Waals surface area contributed by atoms with E-state index in [9.17, 15) is 13.2 Å². The minimum Gasteiger partial charge on any atom is -0.271 e. The van der Waals surface area contributed by atoms with Gasteiger partial charge < -0.3 is 0 Å². The molecule has 0 radical (unpaired) electrons. The van der Waals surface area contributed by atoms with Gasteiger partial charge in [0.2, 0.25) is 0 Å². The summed E-state index contributed by atoms with van der Waals surface area (Å²) in [7, 11) is 0. The minimum absolute atomic E-state index is 0.0418. The second-order valence-electron chi connectivity index (χ2n) is 5.31. The van der Waals surface area contributed by atoms with Crippen LogP contribution in [0.1, 0.15) is 51.9 Å². The molecule has 1 rings (SSSR count). The number of halogens is 3. The first-order valence-electron chi connectivity index (χ1n) is 6.45. The maximum absolute atomic E-state index is 12.1. The summed E-state index contributed by atoms with van der Waals surface area (Å²) < 4.78 is 36.2.